The van der Waals surface area contributed by atoms with Crippen molar-refractivity contribution in [1.82, 2.24) is 15.0 Å². The van der Waals surface area contributed by atoms with E-state index in [0.29, 0.717) is 16.9 Å². The minimum absolute atomic E-state index is 0.0122. The number of halogens is 3. The maximum Gasteiger partial charge on any atom is 0.166 e. The molecule has 1 heterocycles. The van der Waals surface area contributed by atoms with Gasteiger partial charge in [0.2, 0.25) is 0 Å². The second-order valence-electron chi connectivity index (χ2n) is 2.78. The van der Waals surface area contributed by atoms with Gasteiger partial charge in [-0.15, -0.1) is 9.90 Å². The Morgan fingerprint density at radius 2 is 1.73 bits per heavy atom. The SMILES string of the molecule is Nc1cnn(-c2c(F)cc(F)cc2F)n1. The molecule has 0 unspecified atom stereocenters. The van der Waals surface area contributed by atoms with Gasteiger partial charge in [-0.25, -0.2) is 13.2 Å². The lowest BCUT2D eigenvalue weighted by atomic mass is 10.3. The van der Waals surface area contributed by atoms with E-state index in [1.54, 1.807) is 0 Å². The molecule has 0 aliphatic heterocycles. The van der Waals surface area contributed by atoms with Crippen LogP contribution in [0.5, 0.6) is 0 Å². The zero-order chi connectivity index (χ0) is 11.0. The summed E-state index contributed by atoms with van der Waals surface area (Å²) in [6.45, 7) is 0. The lowest BCUT2D eigenvalue weighted by molar-refractivity contribution is 0.518. The first kappa shape index (κ1) is 9.50. The van der Waals surface area contributed by atoms with Crippen LogP contribution in [0.4, 0.5) is 19.0 Å². The highest BCUT2D eigenvalue weighted by atomic mass is 19.1. The number of hydrogen-bond donors (Lipinski definition) is 1. The molecule has 0 aliphatic carbocycles. The number of hydrogen-bond acceptors (Lipinski definition) is 3. The van der Waals surface area contributed by atoms with E-state index >= 15 is 0 Å². The molecule has 0 bridgehead atoms. The number of rotatable bonds is 1. The maximum absolute atomic E-state index is 13.2. The Morgan fingerprint density at radius 3 is 2.20 bits per heavy atom. The van der Waals surface area contributed by atoms with Crippen LogP contribution in [0.25, 0.3) is 5.69 Å². The smallest absolute Gasteiger partial charge is 0.166 e. The van der Waals surface area contributed by atoms with Gasteiger partial charge in [-0.1, -0.05) is 0 Å². The number of nitrogen functional groups attached to an aromatic ring is 1. The van der Waals surface area contributed by atoms with Crippen molar-refractivity contribution < 1.29 is 13.2 Å². The van der Waals surface area contributed by atoms with Crippen LogP contribution in [0.15, 0.2) is 18.3 Å². The average Bonchev–Trinajstić information content (AvgIpc) is 2.49. The van der Waals surface area contributed by atoms with E-state index in [4.69, 9.17) is 5.73 Å². The Labute approximate surface area is 82.1 Å². The van der Waals surface area contributed by atoms with E-state index in [9.17, 15) is 13.2 Å². The van der Waals surface area contributed by atoms with E-state index < -0.39 is 23.1 Å². The summed E-state index contributed by atoms with van der Waals surface area (Å²) in [7, 11) is 0. The largest absolute Gasteiger partial charge is 0.381 e. The molecule has 0 amide bonds. The van der Waals surface area contributed by atoms with Gasteiger partial charge in [0.05, 0.1) is 6.20 Å². The molecule has 1 aromatic carbocycles. The quantitative estimate of drug-likeness (QED) is 0.777. The summed E-state index contributed by atoms with van der Waals surface area (Å²) in [6.07, 6.45) is 1.13. The highest BCUT2D eigenvalue weighted by molar-refractivity contribution is 5.35. The first-order valence-corrected chi connectivity index (χ1v) is 3.90. The van der Waals surface area contributed by atoms with Crippen LogP contribution in [0.3, 0.4) is 0 Å². The molecule has 15 heavy (non-hydrogen) atoms. The summed E-state index contributed by atoms with van der Waals surface area (Å²) in [4.78, 5) is 0.666. The van der Waals surface area contributed by atoms with E-state index in [1.807, 2.05) is 0 Å². The van der Waals surface area contributed by atoms with Gasteiger partial charge in [0.1, 0.15) is 5.82 Å². The van der Waals surface area contributed by atoms with Crippen molar-refractivity contribution in [3.05, 3.63) is 35.8 Å². The van der Waals surface area contributed by atoms with Crippen molar-refractivity contribution in [2.75, 3.05) is 5.73 Å². The van der Waals surface area contributed by atoms with E-state index in [-0.39, 0.29) is 5.82 Å². The standard InChI is InChI=1S/C8H5F3N4/c9-4-1-5(10)8(6(11)2-4)15-13-3-7(12)14-15/h1-3H,(H2,12,14). The van der Waals surface area contributed by atoms with Crippen molar-refractivity contribution in [2.24, 2.45) is 0 Å². The number of aromatic nitrogens is 3. The Balaban J connectivity index is 2.62. The summed E-state index contributed by atoms with van der Waals surface area (Å²) in [5, 5.41) is 7.03. The highest BCUT2D eigenvalue weighted by Crippen LogP contribution is 2.17. The van der Waals surface area contributed by atoms with Crippen LogP contribution in [-0.2, 0) is 0 Å². The lowest BCUT2D eigenvalue weighted by Gasteiger charge is -2.02. The summed E-state index contributed by atoms with van der Waals surface area (Å²) >= 11 is 0. The van der Waals surface area contributed by atoms with Crippen LogP contribution in [0.2, 0.25) is 0 Å². The van der Waals surface area contributed by atoms with Crippen molar-refractivity contribution in [3.8, 4) is 5.69 Å². The molecule has 0 fully saturated rings. The Morgan fingerprint density at radius 1 is 1.13 bits per heavy atom. The maximum atomic E-state index is 13.2. The Kier molecular flexibility index (Phi) is 2.07. The third-order valence-corrected chi connectivity index (χ3v) is 1.69. The average molecular weight is 214 g/mol. The molecule has 78 valence electrons. The molecule has 0 radical (unpaired) electrons. The molecule has 0 saturated carbocycles. The predicted octanol–water partition coefficient (Wildman–Crippen LogP) is 1.27. The van der Waals surface area contributed by atoms with Gasteiger partial charge in [0.25, 0.3) is 0 Å². The fraction of sp³-hybridized carbons (Fsp3) is 0. The second-order valence-corrected chi connectivity index (χ2v) is 2.78. The van der Waals surface area contributed by atoms with Gasteiger partial charge < -0.3 is 5.73 Å². The monoisotopic (exact) mass is 214 g/mol. The number of nitrogens with zero attached hydrogens (tertiary/aromatic N) is 3. The second kappa shape index (κ2) is 3.26. The molecular formula is C8H5F3N4. The number of anilines is 1. The summed E-state index contributed by atoms with van der Waals surface area (Å²) in [5.74, 6) is -3.18. The predicted molar refractivity (Wildman–Crippen MR) is 45.6 cm³/mol. The molecule has 2 aromatic rings. The molecule has 4 nitrogen and oxygen atoms in total. The molecule has 0 spiro atoms. The van der Waals surface area contributed by atoms with E-state index in [1.165, 1.54) is 0 Å². The van der Waals surface area contributed by atoms with Crippen LogP contribution in [-0.4, -0.2) is 15.0 Å². The van der Waals surface area contributed by atoms with Gasteiger partial charge in [0, 0.05) is 12.1 Å². The van der Waals surface area contributed by atoms with E-state index in [0.717, 1.165) is 6.20 Å². The van der Waals surface area contributed by atoms with Gasteiger partial charge >= 0.3 is 0 Å². The highest BCUT2D eigenvalue weighted by Gasteiger charge is 2.15. The Hall–Kier alpha value is -2.05. The van der Waals surface area contributed by atoms with Gasteiger partial charge in [-0.05, 0) is 0 Å². The minimum Gasteiger partial charge on any atom is -0.381 e. The van der Waals surface area contributed by atoms with Crippen LogP contribution >= 0.6 is 0 Å². The summed E-state index contributed by atoms with van der Waals surface area (Å²) in [5.41, 5.74) is 4.67. The molecule has 2 rings (SSSR count). The third-order valence-electron chi connectivity index (χ3n) is 1.69. The topological polar surface area (TPSA) is 56.7 Å². The molecule has 7 heteroatoms. The molecule has 2 N–H and O–H groups in total. The molecule has 0 aliphatic rings. The minimum atomic E-state index is -1.09. The fourth-order valence-corrected chi connectivity index (χ4v) is 1.11. The number of nitrogens with two attached hydrogens (primary N) is 1. The first-order valence-electron chi connectivity index (χ1n) is 3.90. The molecular weight excluding hydrogens is 209 g/mol. The van der Waals surface area contributed by atoms with E-state index in [2.05, 4.69) is 10.2 Å². The van der Waals surface area contributed by atoms with Crippen LogP contribution in [0, 0.1) is 17.5 Å². The van der Waals surface area contributed by atoms with Crippen molar-refractivity contribution in [2.45, 2.75) is 0 Å². The zero-order valence-electron chi connectivity index (χ0n) is 7.28. The van der Waals surface area contributed by atoms with Crippen molar-refractivity contribution in [3.63, 3.8) is 0 Å². The third kappa shape index (κ3) is 1.63. The molecule has 1 aromatic heterocycles. The van der Waals surface area contributed by atoms with Crippen LogP contribution in [0.1, 0.15) is 0 Å². The van der Waals surface area contributed by atoms with Crippen molar-refractivity contribution in [1.29, 1.82) is 0 Å². The van der Waals surface area contributed by atoms with Gasteiger partial charge in [0.15, 0.2) is 23.1 Å². The zero-order valence-corrected chi connectivity index (χ0v) is 7.28. The van der Waals surface area contributed by atoms with Gasteiger partial charge in [-0.3, -0.25) is 0 Å². The first-order chi connectivity index (χ1) is 7.08. The lowest BCUT2D eigenvalue weighted by Crippen LogP contribution is -2.06. The van der Waals surface area contributed by atoms with Gasteiger partial charge in [-0.2, -0.15) is 5.10 Å². The normalized spacial score (nSPS) is 10.6. The fourth-order valence-electron chi connectivity index (χ4n) is 1.11. The number of benzene rings is 1. The summed E-state index contributed by atoms with van der Waals surface area (Å²) < 4.78 is 38.9. The van der Waals surface area contributed by atoms with Crippen LogP contribution < -0.4 is 5.73 Å². The Bertz CT molecular complexity index is 485. The molecule has 0 saturated heterocycles. The molecule has 0 atom stereocenters. The van der Waals surface area contributed by atoms with Crippen molar-refractivity contribution >= 4 is 5.82 Å². The summed E-state index contributed by atoms with van der Waals surface area (Å²) in [6, 6.07) is 1.08.